The molecule has 2 aromatic rings. The highest BCUT2D eigenvalue weighted by molar-refractivity contribution is 6.35. The molecule has 3 heterocycles. The lowest BCUT2D eigenvalue weighted by atomic mass is 10.0. The van der Waals surface area contributed by atoms with Crippen LogP contribution < -0.4 is 10.6 Å². The van der Waals surface area contributed by atoms with Gasteiger partial charge in [-0.15, -0.1) is 0 Å². The van der Waals surface area contributed by atoms with E-state index in [1.165, 1.54) is 11.6 Å². The van der Waals surface area contributed by atoms with Gasteiger partial charge in [0.2, 0.25) is 0 Å². The summed E-state index contributed by atoms with van der Waals surface area (Å²) in [6.45, 7) is 3.66. The molecule has 0 bridgehead atoms. The number of aromatic nitrogens is 2. The van der Waals surface area contributed by atoms with Crippen LogP contribution in [-0.4, -0.2) is 36.0 Å². The Kier molecular flexibility index (Phi) is 4.09. The molecule has 0 saturated carbocycles. The molecular weight excluding hydrogens is 315 g/mol. The predicted octanol–water partition coefficient (Wildman–Crippen LogP) is 3.13. The third-order valence-electron chi connectivity index (χ3n) is 4.71. The number of nitrogens with zero attached hydrogens (tertiary/aromatic N) is 2. The van der Waals surface area contributed by atoms with Gasteiger partial charge in [0.25, 0.3) is 0 Å². The van der Waals surface area contributed by atoms with Crippen molar-refractivity contribution in [3.05, 3.63) is 34.7 Å². The molecular formula is C17H20ClFN4. The number of hydrogen-bond donors (Lipinski definition) is 2. The number of benzene rings is 1. The van der Waals surface area contributed by atoms with Crippen LogP contribution in [0.4, 0.5) is 4.39 Å². The zero-order valence-electron chi connectivity index (χ0n) is 12.9. The lowest BCUT2D eigenvalue weighted by Crippen LogP contribution is -2.32. The molecule has 0 unspecified atom stereocenters. The van der Waals surface area contributed by atoms with Crippen LogP contribution in [0.5, 0.6) is 0 Å². The number of hydrogen-bond acceptors (Lipinski definition) is 3. The first kappa shape index (κ1) is 15.1. The Morgan fingerprint density at radius 1 is 1.26 bits per heavy atom. The number of halogens is 2. The van der Waals surface area contributed by atoms with E-state index in [0.717, 1.165) is 62.0 Å². The Morgan fingerprint density at radius 3 is 2.91 bits per heavy atom. The minimum absolute atomic E-state index is 0.177. The zero-order chi connectivity index (χ0) is 15.8. The van der Waals surface area contributed by atoms with Crippen LogP contribution >= 0.6 is 11.6 Å². The maximum absolute atomic E-state index is 14.0. The molecule has 0 amide bonds. The van der Waals surface area contributed by atoms with Gasteiger partial charge in [-0.25, -0.2) is 4.39 Å². The van der Waals surface area contributed by atoms with Gasteiger partial charge in [0, 0.05) is 18.5 Å². The SMILES string of the molecule is Fc1ccc2c(C3=CCCNC3)nn([C@H]3CCCNC3)c2c1Cl. The normalized spacial score (nSPS) is 22.3. The average Bonchev–Trinajstić information content (AvgIpc) is 3.00. The Bertz CT molecular complexity index is 762. The first-order valence-electron chi connectivity index (χ1n) is 8.23. The van der Waals surface area contributed by atoms with Crippen molar-refractivity contribution in [2.24, 2.45) is 0 Å². The van der Waals surface area contributed by atoms with E-state index in [9.17, 15) is 4.39 Å². The summed E-state index contributed by atoms with van der Waals surface area (Å²) in [5.41, 5.74) is 2.83. The fraction of sp³-hybridized carbons (Fsp3) is 0.471. The van der Waals surface area contributed by atoms with Crippen LogP contribution in [0.3, 0.4) is 0 Å². The quantitative estimate of drug-likeness (QED) is 0.886. The summed E-state index contributed by atoms with van der Waals surface area (Å²) in [4.78, 5) is 0. The molecule has 1 saturated heterocycles. The first-order valence-corrected chi connectivity index (χ1v) is 8.60. The molecule has 4 nitrogen and oxygen atoms in total. The van der Waals surface area contributed by atoms with Gasteiger partial charge in [0.15, 0.2) is 0 Å². The smallest absolute Gasteiger partial charge is 0.144 e. The second-order valence-electron chi connectivity index (χ2n) is 6.25. The Labute approximate surface area is 139 Å². The summed E-state index contributed by atoms with van der Waals surface area (Å²) in [5, 5.41) is 12.7. The van der Waals surface area contributed by atoms with Gasteiger partial charge in [-0.3, -0.25) is 4.68 Å². The van der Waals surface area contributed by atoms with E-state index in [2.05, 4.69) is 16.7 Å². The fourth-order valence-corrected chi connectivity index (χ4v) is 3.79. The van der Waals surface area contributed by atoms with Crippen molar-refractivity contribution >= 4 is 28.1 Å². The standard InChI is InChI=1S/C17H20ClFN4/c18-15-14(19)6-5-13-16(11-3-1-7-20-9-11)22-23(17(13)15)12-4-2-8-21-10-12/h3,5-6,12,20-21H,1-2,4,7-10H2/t12-/m0/s1. The van der Waals surface area contributed by atoms with Gasteiger partial charge < -0.3 is 10.6 Å². The lowest BCUT2D eigenvalue weighted by Gasteiger charge is -2.24. The van der Waals surface area contributed by atoms with Crippen LogP contribution in [0.1, 0.15) is 31.0 Å². The van der Waals surface area contributed by atoms with Crippen molar-refractivity contribution in [2.45, 2.75) is 25.3 Å². The molecule has 0 spiro atoms. The highest BCUT2D eigenvalue weighted by atomic mass is 35.5. The van der Waals surface area contributed by atoms with Gasteiger partial charge in [0.1, 0.15) is 10.8 Å². The summed E-state index contributed by atoms with van der Waals surface area (Å²) in [6, 6.07) is 3.47. The van der Waals surface area contributed by atoms with Crippen LogP contribution in [0, 0.1) is 5.82 Å². The molecule has 2 aliphatic rings. The van der Waals surface area contributed by atoms with Crippen molar-refractivity contribution in [1.29, 1.82) is 0 Å². The summed E-state index contributed by atoms with van der Waals surface area (Å²) in [7, 11) is 0. The molecule has 0 radical (unpaired) electrons. The molecule has 2 aliphatic heterocycles. The molecule has 0 aliphatic carbocycles. The van der Waals surface area contributed by atoms with Crippen molar-refractivity contribution < 1.29 is 4.39 Å². The van der Waals surface area contributed by atoms with E-state index in [1.54, 1.807) is 6.07 Å². The molecule has 2 N–H and O–H groups in total. The summed E-state index contributed by atoms with van der Waals surface area (Å²) in [5.74, 6) is -0.383. The van der Waals surface area contributed by atoms with E-state index >= 15 is 0 Å². The number of rotatable bonds is 2. The maximum atomic E-state index is 14.0. The molecule has 1 fully saturated rings. The molecule has 1 aromatic carbocycles. The van der Waals surface area contributed by atoms with Crippen molar-refractivity contribution in [2.75, 3.05) is 26.2 Å². The van der Waals surface area contributed by atoms with Crippen molar-refractivity contribution in [3.8, 4) is 0 Å². The highest BCUT2D eigenvalue weighted by Gasteiger charge is 2.24. The largest absolute Gasteiger partial charge is 0.315 e. The maximum Gasteiger partial charge on any atom is 0.144 e. The number of fused-ring (bicyclic) bond motifs is 1. The molecule has 1 aromatic heterocycles. The molecule has 122 valence electrons. The Balaban J connectivity index is 1.90. The Morgan fingerprint density at radius 2 is 2.17 bits per heavy atom. The first-order chi connectivity index (χ1) is 11.3. The topological polar surface area (TPSA) is 41.9 Å². The second kappa shape index (κ2) is 6.23. The molecule has 6 heteroatoms. The van der Waals surface area contributed by atoms with Crippen LogP contribution in [0.2, 0.25) is 5.02 Å². The average molecular weight is 335 g/mol. The minimum atomic E-state index is -0.383. The molecule has 4 rings (SSSR count). The highest BCUT2D eigenvalue weighted by Crippen LogP contribution is 2.35. The van der Waals surface area contributed by atoms with Crippen molar-refractivity contribution in [1.82, 2.24) is 20.4 Å². The van der Waals surface area contributed by atoms with Crippen molar-refractivity contribution in [3.63, 3.8) is 0 Å². The summed E-state index contributed by atoms with van der Waals surface area (Å²) < 4.78 is 16.0. The van der Waals surface area contributed by atoms with Crippen LogP contribution in [0.25, 0.3) is 16.5 Å². The second-order valence-corrected chi connectivity index (χ2v) is 6.62. The van der Waals surface area contributed by atoms with Gasteiger partial charge >= 0.3 is 0 Å². The van der Waals surface area contributed by atoms with Crippen LogP contribution in [-0.2, 0) is 0 Å². The minimum Gasteiger partial charge on any atom is -0.315 e. The van der Waals surface area contributed by atoms with E-state index < -0.39 is 0 Å². The van der Waals surface area contributed by atoms with Gasteiger partial charge in [-0.2, -0.15) is 5.10 Å². The monoisotopic (exact) mass is 334 g/mol. The van der Waals surface area contributed by atoms with Gasteiger partial charge in [-0.1, -0.05) is 17.7 Å². The summed E-state index contributed by atoms with van der Waals surface area (Å²) in [6.07, 6.45) is 5.34. The predicted molar refractivity (Wildman–Crippen MR) is 91.3 cm³/mol. The summed E-state index contributed by atoms with van der Waals surface area (Å²) >= 11 is 6.31. The van der Waals surface area contributed by atoms with E-state index in [1.807, 2.05) is 4.68 Å². The lowest BCUT2D eigenvalue weighted by molar-refractivity contribution is 0.354. The van der Waals surface area contributed by atoms with Gasteiger partial charge in [0.05, 0.1) is 17.3 Å². The molecule has 1 atom stereocenters. The van der Waals surface area contributed by atoms with Crippen LogP contribution in [0.15, 0.2) is 18.2 Å². The van der Waals surface area contributed by atoms with E-state index in [0.29, 0.717) is 0 Å². The third kappa shape index (κ3) is 2.67. The third-order valence-corrected chi connectivity index (χ3v) is 5.07. The van der Waals surface area contributed by atoms with E-state index in [-0.39, 0.29) is 16.9 Å². The number of piperidine rings is 1. The van der Waals surface area contributed by atoms with Gasteiger partial charge in [-0.05, 0) is 50.1 Å². The Hall–Kier alpha value is -1.43. The number of nitrogens with one attached hydrogen (secondary N) is 2. The van der Waals surface area contributed by atoms with E-state index in [4.69, 9.17) is 16.7 Å². The zero-order valence-corrected chi connectivity index (χ0v) is 13.7. The molecule has 23 heavy (non-hydrogen) atoms. The fourth-order valence-electron chi connectivity index (χ4n) is 3.53.